The van der Waals surface area contributed by atoms with Crippen molar-refractivity contribution < 1.29 is 14.4 Å². The van der Waals surface area contributed by atoms with E-state index in [9.17, 15) is 19.6 Å². The SMILES string of the molecule is CNC(=O)C12CCC(C)(C)CC1C1C(=O)C=C3C4(C)C=C(C#N)C(=O)C(C)C4CCC3(C)C1(C)CC2. The van der Waals surface area contributed by atoms with E-state index in [1.165, 1.54) is 0 Å². The number of nitriles is 1. The highest BCUT2D eigenvalue weighted by Crippen LogP contribution is 2.73. The molecule has 0 bridgehead atoms. The number of carbonyl (C=O) groups excluding carboxylic acids is 3. The molecule has 0 aromatic rings. The quantitative estimate of drug-likeness (QED) is 0.521. The molecule has 5 rings (SSSR count). The molecule has 8 unspecified atom stereocenters. The molecule has 194 valence electrons. The molecular weight excluding hydrogens is 448 g/mol. The molecule has 36 heavy (non-hydrogen) atoms. The van der Waals surface area contributed by atoms with Crippen molar-refractivity contribution in [2.45, 2.75) is 86.5 Å². The Morgan fingerprint density at radius 1 is 1.03 bits per heavy atom. The zero-order valence-electron chi connectivity index (χ0n) is 23.1. The maximum atomic E-state index is 14.3. The molecule has 0 aliphatic heterocycles. The Balaban J connectivity index is 1.69. The second-order valence-electron chi connectivity index (χ2n) is 14.1. The van der Waals surface area contributed by atoms with Gasteiger partial charge >= 0.3 is 0 Å². The summed E-state index contributed by atoms with van der Waals surface area (Å²) in [7, 11) is 1.73. The molecule has 5 aliphatic rings. The van der Waals surface area contributed by atoms with Gasteiger partial charge in [-0.3, -0.25) is 14.4 Å². The van der Waals surface area contributed by atoms with E-state index in [2.05, 4.69) is 46.0 Å². The lowest BCUT2D eigenvalue weighted by molar-refractivity contribution is -0.177. The standard InChI is InChI=1S/C31H42N2O3/c1-18-20-8-9-29(5)23(28(20,4)15-19(17-32)25(18)35)14-22(34)24-21-16-27(2,3)10-12-31(21,26(36)33-7)13-11-30(24,29)6/h14-15,18,20-21,24H,8-13,16H2,1-7H3,(H,33,36). The molecule has 5 nitrogen and oxygen atoms in total. The lowest BCUT2D eigenvalue weighted by atomic mass is 9.34. The highest BCUT2D eigenvalue weighted by atomic mass is 16.2. The summed E-state index contributed by atoms with van der Waals surface area (Å²) in [6.45, 7) is 13.3. The Kier molecular flexibility index (Phi) is 5.40. The molecule has 0 aromatic carbocycles. The smallest absolute Gasteiger partial charge is 0.226 e. The van der Waals surface area contributed by atoms with E-state index < -0.39 is 10.8 Å². The van der Waals surface area contributed by atoms with Crippen LogP contribution in [0.15, 0.2) is 23.3 Å². The van der Waals surface area contributed by atoms with Gasteiger partial charge in [0.05, 0.1) is 11.0 Å². The second-order valence-corrected chi connectivity index (χ2v) is 14.1. The molecule has 3 fully saturated rings. The monoisotopic (exact) mass is 490 g/mol. The van der Waals surface area contributed by atoms with Crippen LogP contribution in [0, 0.1) is 62.1 Å². The van der Waals surface area contributed by atoms with E-state index >= 15 is 0 Å². The van der Waals surface area contributed by atoms with Crippen molar-refractivity contribution in [2.75, 3.05) is 7.05 Å². The van der Waals surface area contributed by atoms with Gasteiger partial charge in [0.1, 0.15) is 6.07 Å². The van der Waals surface area contributed by atoms with E-state index in [-0.39, 0.29) is 63.0 Å². The minimum Gasteiger partial charge on any atom is -0.359 e. The summed E-state index contributed by atoms with van der Waals surface area (Å²) in [6, 6.07) is 2.15. The number of hydrogen-bond donors (Lipinski definition) is 1. The van der Waals surface area contributed by atoms with Crippen molar-refractivity contribution in [1.29, 1.82) is 5.26 Å². The minimum atomic E-state index is -0.490. The first-order valence-corrected chi connectivity index (χ1v) is 13.9. The van der Waals surface area contributed by atoms with Crippen LogP contribution >= 0.6 is 0 Å². The summed E-state index contributed by atoms with van der Waals surface area (Å²) < 4.78 is 0. The summed E-state index contributed by atoms with van der Waals surface area (Å²) >= 11 is 0. The predicted molar refractivity (Wildman–Crippen MR) is 138 cm³/mol. The number of amides is 1. The molecular formula is C31H42N2O3. The van der Waals surface area contributed by atoms with Crippen LogP contribution < -0.4 is 5.32 Å². The first kappa shape index (κ1) is 25.4. The topological polar surface area (TPSA) is 87.0 Å². The third-order valence-electron chi connectivity index (χ3n) is 12.2. The number of hydrogen-bond acceptors (Lipinski definition) is 4. The lowest BCUT2D eigenvalue weighted by Crippen LogP contribution is -2.66. The van der Waals surface area contributed by atoms with Gasteiger partial charge in [-0.05, 0) is 79.1 Å². The Labute approximate surface area is 216 Å². The fourth-order valence-electron chi connectivity index (χ4n) is 9.90. The number of fused-ring (bicyclic) bond motifs is 7. The molecule has 8 atom stereocenters. The second kappa shape index (κ2) is 7.65. The van der Waals surface area contributed by atoms with Crippen molar-refractivity contribution in [3.63, 3.8) is 0 Å². The van der Waals surface area contributed by atoms with Gasteiger partial charge in [0, 0.05) is 24.3 Å². The number of allylic oxidation sites excluding steroid dienone is 4. The predicted octanol–water partition coefficient (Wildman–Crippen LogP) is 5.56. The van der Waals surface area contributed by atoms with Gasteiger partial charge in [-0.2, -0.15) is 5.26 Å². The van der Waals surface area contributed by atoms with Crippen LogP contribution in [0.4, 0.5) is 0 Å². The molecule has 5 heteroatoms. The van der Waals surface area contributed by atoms with Crippen molar-refractivity contribution in [3.8, 4) is 6.07 Å². The molecule has 0 radical (unpaired) electrons. The molecule has 5 aliphatic carbocycles. The van der Waals surface area contributed by atoms with Crippen LogP contribution in [0.3, 0.4) is 0 Å². The Hall–Kier alpha value is -2.22. The fourth-order valence-corrected chi connectivity index (χ4v) is 9.90. The number of rotatable bonds is 1. The zero-order valence-corrected chi connectivity index (χ0v) is 23.1. The summed E-state index contributed by atoms with van der Waals surface area (Å²) in [5, 5.41) is 12.7. The summed E-state index contributed by atoms with van der Waals surface area (Å²) in [5.74, 6) is -0.117. The maximum absolute atomic E-state index is 14.3. The van der Waals surface area contributed by atoms with Crippen LogP contribution in [0.5, 0.6) is 0 Å². The number of nitrogens with one attached hydrogen (secondary N) is 1. The molecule has 1 amide bonds. The average molecular weight is 491 g/mol. The number of Topliss-reactive ketones (excluding diaryl/α,β-unsaturated/α-hetero) is 1. The number of nitrogens with zero attached hydrogens (tertiary/aromatic N) is 1. The first-order valence-electron chi connectivity index (χ1n) is 13.9. The van der Waals surface area contributed by atoms with Crippen LogP contribution in [0.1, 0.15) is 86.5 Å². The highest BCUT2D eigenvalue weighted by molar-refractivity contribution is 6.02. The van der Waals surface area contributed by atoms with Gasteiger partial charge in [-0.25, -0.2) is 0 Å². The van der Waals surface area contributed by atoms with Gasteiger partial charge in [-0.15, -0.1) is 0 Å². The van der Waals surface area contributed by atoms with Crippen LogP contribution in [-0.2, 0) is 14.4 Å². The van der Waals surface area contributed by atoms with E-state index in [0.717, 1.165) is 50.5 Å². The van der Waals surface area contributed by atoms with Gasteiger partial charge < -0.3 is 5.32 Å². The Morgan fingerprint density at radius 2 is 1.69 bits per heavy atom. The van der Waals surface area contributed by atoms with E-state index in [1.807, 2.05) is 19.1 Å². The third-order valence-corrected chi connectivity index (χ3v) is 12.2. The lowest BCUT2D eigenvalue weighted by Gasteiger charge is -2.68. The van der Waals surface area contributed by atoms with Gasteiger partial charge in [0.15, 0.2) is 11.6 Å². The zero-order chi connectivity index (χ0) is 26.5. The minimum absolute atomic E-state index is 0.0182. The van der Waals surface area contributed by atoms with Crippen LogP contribution in [0.25, 0.3) is 0 Å². The van der Waals surface area contributed by atoms with Crippen molar-refractivity contribution in [3.05, 3.63) is 23.3 Å². The van der Waals surface area contributed by atoms with E-state index in [1.54, 1.807) is 7.05 Å². The summed E-state index contributed by atoms with van der Waals surface area (Å²) in [6.07, 6.45) is 10.0. The fraction of sp³-hybridized carbons (Fsp3) is 0.742. The Bertz CT molecular complexity index is 1160. The third kappa shape index (κ3) is 2.96. The van der Waals surface area contributed by atoms with Crippen LogP contribution in [0.2, 0.25) is 0 Å². The van der Waals surface area contributed by atoms with E-state index in [0.29, 0.717) is 0 Å². The number of carbonyl (C=O) groups is 3. The van der Waals surface area contributed by atoms with Gasteiger partial charge in [0.2, 0.25) is 5.91 Å². The molecule has 0 aromatic heterocycles. The van der Waals surface area contributed by atoms with Crippen molar-refractivity contribution >= 4 is 17.5 Å². The average Bonchev–Trinajstić information content (AvgIpc) is 2.82. The van der Waals surface area contributed by atoms with Crippen LogP contribution in [-0.4, -0.2) is 24.5 Å². The summed E-state index contributed by atoms with van der Waals surface area (Å²) in [5.41, 5.74) is -0.0261. The molecule has 0 spiro atoms. The molecule has 0 heterocycles. The Morgan fingerprint density at radius 3 is 2.33 bits per heavy atom. The van der Waals surface area contributed by atoms with E-state index in [4.69, 9.17) is 0 Å². The molecule has 3 saturated carbocycles. The van der Waals surface area contributed by atoms with Gasteiger partial charge in [0.25, 0.3) is 0 Å². The summed E-state index contributed by atoms with van der Waals surface area (Å²) in [4.78, 5) is 40.6. The normalized spacial score (nSPS) is 47.2. The first-order chi connectivity index (χ1) is 16.7. The highest BCUT2D eigenvalue weighted by Gasteiger charge is 2.70. The maximum Gasteiger partial charge on any atom is 0.226 e. The molecule has 1 N–H and O–H groups in total. The van der Waals surface area contributed by atoms with Crippen molar-refractivity contribution in [2.24, 2.45) is 50.7 Å². The van der Waals surface area contributed by atoms with Gasteiger partial charge in [-0.1, -0.05) is 53.2 Å². The number of ketones is 2. The molecule has 0 saturated heterocycles. The van der Waals surface area contributed by atoms with Crippen molar-refractivity contribution in [1.82, 2.24) is 5.32 Å². The largest absolute Gasteiger partial charge is 0.359 e.